The second-order valence-electron chi connectivity index (χ2n) is 7.30. The fourth-order valence-corrected chi connectivity index (χ4v) is 4.93. The van der Waals surface area contributed by atoms with Crippen LogP contribution >= 0.6 is 11.3 Å². The van der Waals surface area contributed by atoms with Crippen molar-refractivity contribution in [1.82, 2.24) is 10.1 Å². The lowest BCUT2D eigenvalue weighted by molar-refractivity contribution is -0.117. The van der Waals surface area contributed by atoms with E-state index in [9.17, 15) is 4.79 Å². The number of likely N-dealkylation sites (tertiary alicyclic amines) is 1. The summed E-state index contributed by atoms with van der Waals surface area (Å²) >= 11 is 1.71. The molecule has 2 aromatic heterocycles. The number of rotatable bonds is 3. The smallest absolute Gasteiger partial charge is 0.228 e. The van der Waals surface area contributed by atoms with Gasteiger partial charge >= 0.3 is 0 Å². The molecular formula is C18H23N3O2S. The van der Waals surface area contributed by atoms with E-state index in [-0.39, 0.29) is 11.3 Å². The van der Waals surface area contributed by atoms with Crippen LogP contribution in [0.2, 0.25) is 0 Å². The van der Waals surface area contributed by atoms with Crippen LogP contribution < -0.4 is 4.90 Å². The summed E-state index contributed by atoms with van der Waals surface area (Å²) in [6.07, 6.45) is 1.75. The molecule has 2 saturated heterocycles. The molecule has 4 rings (SSSR count). The molecule has 1 atom stereocenters. The minimum Gasteiger partial charge on any atom is -0.361 e. The highest BCUT2D eigenvalue weighted by Gasteiger charge is 2.48. The molecular weight excluding hydrogens is 322 g/mol. The summed E-state index contributed by atoms with van der Waals surface area (Å²) < 4.78 is 5.28. The second-order valence-corrected chi connectivity index (χ2v) is 8.57. The molecule has 4 heterocycles. The number of thiophene rings is 1. The molecule has 128 valence electrons. The largest absolute Gasteiger partial charge is 0.361 e. The minimum absolute atomic E-state index is 0.105. The van der Waals surface area contributed by atoms with E-state index < -0.39 is 0 Å². The zero-order valence-corrected chi connectivity index (χ0v) is 15.3. The maximum atomic E-state index is 12.6. The molecule has 0 bridgehead atoms. The summed E-state index contributed by atoms with van der Waals surface area (Å²) in [7, 11) is 0. The molecule has 0 radical (unpaired) electrons. The molecule has 0 aliphatic carbocycles. The molecule has 2 aromatic rings. The van der Waals surface area contributed by atoms with Gasteiger partial charge in [0.15, 0.2) is 0 Å². The first-order chi connectivity index (χ1) is 11.5. The maximum absolute atomic E-state index is 12.6. The van der Waals surface area contributed by atoms with Crippen molar-refractivity contribution in [3.8, 4) is 0 Å². The number of aryl methyl sites for hydroxylation is 3. The normalized spacial score (nSPS) is 24.6. The van der Waals surface area contributed by atoms with E-state index in [0.29, 0.717) is 6.42 Å². The van der Waals surface area contributed by atoms with Gasteiger partial charge in [0, 0.05) is 41.9 Å². The minimum atomic E-state index is 0.105. The van der Waals surface area contributed by atoms with Gasteiger partial charge in [-0.3, -0.25) is 9.69 Å². The number of aromatic nitrogens is 1. The number of anilines is 1. The molecule has 6 heteroatoms. The maximum Gasteiger partial charge on any atom is 0.228 e. The van der Waals surface area contributed by atoms with Gasteiger partial charge in [-0.25, -0.2) is 0 Å². The molecule has 0 saturated carbocycles. The third-order valence-electron chi connectivity index (χ3n) is 5.39. The van der Waals surface area contributed by atoms with Crippen LogP contribution in [0.5, 0.6) is 0 Å². The van der Waals surface area contributed by atoms with E-state index in [1.54, 1.807) is 11.3 Å². The van der Waals surface area contributed by atoms with E-state index in [1.165, 1.54) is 10.4 Å². The highest BCUT2D eigenvalue weighted by Crippen LogP contribution is 2.43. The van der Waals surface area contributed by atoms with E-state index >= 15 is 0 Å². The van der Waals surface area contributed by atoms with Crippen molar-refractivity contribution < 1.29 is 9.32 Å². The highest BCUT2D eigenvalue weighted by atomic mass is 32.1. The van der Waals surface area contributed by atoms with Gasteiger partial charge in [-0.2, -0.15) is 0 Å². The van der Waals surface area contributed by atoms with Crippen LogP contribution in [0, 0.1) is 26.2 Å². The number of amides is 1. The molecule has 2 aliphatic heterocycles. The van der Waals surface area contributed by atoms with Gasteiger partial charge in [0.25, 0.3) is 0 Å². The molecule has 0 unspecified atom stereocenters. The molecule has 2 fully saturated rings. The van der Waals surface area contributed by atoms with Gasteiger partial charge < -0.3 is 9.42 Å². The van der Waals surface area contributed by atoms with Gasteiger partial charge in [-0.1, -0.05) is 5.16 Å². The van der Waals surface area contributed by atoms with Crippen molar-refractivity contribution in [2.24, 2.45) is 5.41 Å². The van der Waals surface area contributed by atoms with Crippen LogP contribution in [0.4, 0.5) is 5.00 Å². The Morgan fingerprint density at radius 2 is 2.12 bits per heavy atom. The predicted molar refractivity (Wildman–Crippen MR) is 94.3 cm³/mol. The van der Waals surface area contributed by atoms with E-state index in [0.717, 1.165) is 49.1 Å². The van der Waals surface area contributed by atoms with Crippen molar-refractivity contribution in [3.05, 3.63) is 34.0 Å². The fraction of sp³-hybridized carbons (Fsp3) is 0.556. The van der Waals surface area contributed by atoms with E-state index in [1.807, 2.05) is 18.7 Å². The Labute approximate surface area is 146 Å². The lowest BCUT2D eigenvalue weighted by Crippen LogP contribution is -2.31. The number of carbonyl (C=O) groups excluding carboxylic acids is 1. The highest BCUT2D eigenvalue weighted by molar-refractivity contribution is 7.16. The summed E-state index contributed by atoms with van der Waals surface area (Å²) in [5.41, 5.74) is 2.28. The second kappa shape index (κ2) is 5.70. The summed E-state index contributed by atoms with van der Waals surface area (Å²) in [6.45, 7) is 9.79. The molecule has 24 heavy (non-hydrogen) atoms. The van der Waals surface area contributed by atoms with Crippen LogP contribution in [-0.4, -0.2) is 35.6 Å². The first-order valence-electron chi connectivity index (χ1n) is 8.47. The average molecular weight is 345 g/mol. The van der Waals surface area contributed by atoms with Crippen LogP contribution in [0.15, 0.2) is 16.7 Å². The Morgan fingerprint density at radius 1 is 1.29 bits per heavy atom. The van der Waals surface area contributed by atoms with Gasteiger partial charge in [0.1, 0.15) is 5.76 Å². The van der Waals surface area contributed by atoms with Crippen LogP contribution in [0.25, 0.3) is 0 Å². The van der Waals surface area contributed by atoms with Crippen molar-refractivity contribution in [3.63, 3.8) is 0 Å². The van der Waals surface area contributed by atoms with Crippen molar-refractivity contribution in [2.45, 2.75) is 40.2 Å². The van der Waals surface area contributed by atoms with Crippen molar-refractivity contribution >= 4 is 22.2 Å². The molecule has 0 aromatic carbocycles. The molecule has 5 nitrogen and oxygen atoms in total. The Morgan fingerprint density at radius 3 is 2.79 bits per heavy atom. The topological polar surface area (TPSA) is 49.6 Å². The van der Waals surface area contributed by atoms with Crippen molar-refractivity contribution in [2.75, 3.05) is 24.5 Å². The summed E-state index contributed by atoms with van der Waals surface area (Å²) in [5, 5.41) is 5.15. The molecule has 0 N–H and O–H groups in total. The predicted octanol–water partition coefficient (Wildman–Crippen LogP) is 3.29. The Hall–Kier alpha value is -1.66. The van der Waals surface area contributed by atoms with Gasteiger partial charge in [0.05, 0.1) is 10.7 Å². The SMILES string of the molecule is Cc1ccc(N2C[C@]3(CCN(Cc4c(C)noc4C)C3)CC2=O)s1. The molecule has 2 aliphatic rings. The lowest BCUT2D eigenvalue weighted by atomic mass is 9.86. The van der Waals surface area contributed by atoms with Crippen LogP contribution in [0.1, 0.15) is 34.7 Å². The summed E-state index contributed by atoms with van der Waals surface area (Å²) in [4.78, 5) is 18.3. The van der Waals surface area contributed by atoms with E-state index in [2.05, 4.69) is 29.1 Å². The monoisotopic (exact) mass is 345 g/mol. The molecule has 1 spiro atoms. The van der Waals surface area contributed by atoms with Crippen LogP contribution in [0.3, 0.4) is 0 Å². The van der Waals surface area contributed by atoms with Crippen molar-refractivity contribution in [1.29, 1.82) is 0 Å². The zero-order chi connectivity index (χ0) is 16.9. The van der Waals surface area contributed by atoms with Gasteiger partial charge in [-0.05, 0) is 45.9 Å². The van der Waals surface area contributed by atoms with Gasteiger partial charge in [0.2, 0.25) is 5.91 Å². The lowest BCUT2D eigenvalue weighted by Gasteiger charge is -2.23. The molecule has 1 amide bonds. The Kier molecular flexibility index (Phi) is 3.77. The average Bonchev–Trinajstić information content (AvgIpc) is 3.27. The summed E-state index contributed by atoms with van der Waals surface area (Å²) in [6, 6.07) is 4.17. The third kappa shape index (κ3) is 2.67. The fourth-order valence-electron chi connectivity index (χ4n) is 4.05. The number of hydrogen-bond donors (Lipinski definition) is 0. The van der Waals surface area contributed by atoms with Gasteiger partial charge in [-0.15, -0.1) is 11.3 Å². The van der Waals surface area contributed by atoms with Crippen LogP contribution in [-0.2, 0) is 11.3 Å². The standard InChI is InChI=1S/C18H23N3O2S/c1-12-4-5-17(24-12)21-11-18(8-16(21)22)6-7-20(10-18)9-15-13(2)19-23-14(15)3/h4-5H,6-11H2,1-3H3/t18-/m1/s1. The Balaban J connectivity index is 1.47. The first kappa shape index (κ1) is 15.8. The zero-order valence-electron chi connectivity index (χ0n) is 14.5. The number of nitrogens with zero attached hydrogens (tertiary/aromatic N) is 3. The Bertz CT molecular complexity index is 762. The number of hydrogen-bond acceptors (Lipinski definition) is 5. The third-order valence-corrected chi connectivity index (χ3v) is 6.42. The summed E-state index contributed by atoms with van der Waals surface area (Å²) in [5.74, 6) is 1.18. The van der Waals surface area contributed by atoms with E-state index in [4.69, 9.17) is 4.52 Å². The first-order valence-corrected chi connectivity index (χ1v) is 9.28. The number of carbonyl (C=O) groups is 1. The quantitative estimate of drug-likeness (QED) is 0.856.